The van der Waals surface area contributed by atoms with Gasteiger partial charge in [-0.25, -0.2) is 0 Å². The summed E-state index contributed by atoms with van der Waals surface area (Å²) in [6, 6.07) is 5.68. The maximum Gasteiger partial charge on any atom is 0.488 e. The molecule has 0 aliphatic carbocycles. The van der Waals surface area contributed by atoms with E-state index in [4.69, 9.17) is 25.4 Å². The molecule has 0 fully saturated rings. The third-order valence-corrected chi connectivity index (χ3v) is 2.69. The van der Waals surface area contributed by atoms with Crippen molar-refractivity contribution >= 4 is 12.6 Å². The van der Waals surface area contributed by atoms with Gasteiger partial charge in [0.1, 0.15) is 5.75 Å². The van der Waals surface area contributed by atoms with Gasteiger partial charge < -0.3 is 25.4 Å². The molecule has 6 heteroatoms. The van der Waals surface area contributed by atoms with Gasteiger partial charge in [0.25, 0.3) is 0 Å². The zero-order valence-corrected chi connectivity index (χ0v) is 11.1. The highest BCUT2D eigenvalue weighted by Crippen LogP contribution is 2.19. The summed E-state index contributed by atoms with van der Waals surface area (Å²) in [5.74, 6) is 0.115. The monoisotopic (exact) mass is 256 g/mol. The topological polar surface area (TPSA) is 101 Å². The summed E-state index contributed by atoms with van der Waals surface area (Å²) in [7, 11) is -1.46. The average molecular weight is 256 g/mol. The molecule has 5 nitrogen and oxygen atoms in total. The fraction of sp³-hybridized carbons (Fsp3) is 0.500. The molecular weight excluding hydrogens is 235 g/mol. The van der Waals surface area contributed by atoms with Crippen molar-refractivity contribution in [1.29, 1.82) is 0 Å². The van der Waals surface area contributed by atoms with Crippen molar-refractivity contribution in [2.45, 2.75) is 38.9 Å². The van der Waals surface area contributed by atoms with Crippen molar-refractivity contribution < 1.29 is 25.4 Å². The minimum absolute atomic E-state index is 0.115. The highest BCUT2D eigenvalue weighted by Gasteiger charge is 2.31. The van der Waals surface area contributed by atoms with Gasteiger partial charge in [0.05, 0.1) is 11.2 Å². The summed E-state index contributed by atoms with van der Waals surface area (Å²) in [4.78, 5) is 0. The highest BCUT2D eigenvalue weighted by molar-refractivity contribution is 6.58. The smallest absolute Gasteiger partial charge is 0.488 e. The average Bonchev–Trinajstić information content (AvgIpc) is 2.16. The van der Waals surface area contributed by atoms with Crippen LogP contribution in [0.15, 0.2) is 24.3 Å². The normalized spacial score (nSPS) is 11.6. The summed E-state index contributed by atoms with van der Waals surface area (Å²) >= 11 is 0. The predicted octanol–water partition coefficient (Wildman–Crippen LogP) is -0.400. The van der Waals surface area contributed by atoms with Crippen LogP contribution in [-0.2, 0) is 0 Å². The van der Waals surface area contributed by atoms with Crippen molar-refractivity contribution in [3.05, 3.63) is 24.3 Å². The lowest BCUT2D eigenvalue weighted by atomic mass is 9.80. The van der Waals surface area contributed by atoms with Crippen LogP contribution >= 0.6 is 0 Å². The molecule has 18 heavy (non-hydrogen) atoms. The second-order valence-corrected chi connectivity index (χ2v) is 5.08. The van der Waals surface area contributed by atoms with Crippen molar-refractivity contribution in [3.63, 3.8) is 0 Å². The Kier molecular flexibility index (Phi) is 5.83. The maximum absolute atomic E-state index is 9.10. The number of hydrogen-bond donors (Lipinski definition) is 5. The van der Waals surface area contributed by atoms with Gasteiger partial charge in [-0.1, -0.05) is 12.1 Å². The summed E-state index contributed by atoms with van der Waals surface area (Å²) < 4.78 is 0. The van der Waals surface area contributed by atoms with Gasteiger partial charge in [0.2, 0.25) is 0 Å². The summed E-state index contributed by atoms with van der Waals surface area (Å²) in [6.45, 7) is 6.31. The van der Waals surface area contributed by atoms with Crippen molar-refractivity contribution in [2.75, 3.05) is 0 Å². The van der Waals surface area contributed by atoms with Crippen LogP contribution in [0.4, 0.5) is 0 Å². The second-order valence-electron chi connectivity index (χ2n) is 5.08. The van der Waals surface area contributed by atoms with E-state index in [0.717, 1.165) is 0 Å². The lowest BCUT2D eigenvalue weighted by molar-refractivity contribution is -0.107. The van der Waals surface area contributed by atoms with Gasteiger partial charge in [-0.3, -0.25) is 0 Å². The van der Waals surface area contributed by atoms with Gasteiger partial charge in [0.15, 0.2) is 0 Å². The minimum Gasteiger partial charge on any atom is -0.508 e. The number of aliphatic hydroxyl groups is 2. The van der Waals surface area contributed by atoms with Crippen LogP contribution in [-0.4, -0.2) is 43.7 Å². The Morgan fingerprint density at radius 2 is 1.17 bits per heavy atom. The fourth-order valence-corrected chi connectivity index (χ4v) is 0.646. The van der Waals surface area contributed by atoms with E-state index < -0.39 is 18.3 Å². The molecule has 1 aromatic carbocycles. The SMILES string of the molecule is CC(C)(O)C(C)(C)O.OB(O)c1ccc(O)cc1. The summed E-state index contributed by atoms with van der Waals surface area (Å²) in [5.41, 5.74) is -1.64. The van der Waals surface area contributed by atoms with Crippen LogP contribution in [0.5, 0.6) is 5.75 Å². The molecule has 0 aliphatic heterocycles. The molecule has 5 N–H and O–H groups in total. The Morgan fingerprint density at radius 1 is 0.833 bits per heavy atom. The molecule has 0 saturated carbocycles. The van der Waals surface area contributed by atoms with Crippen LogP contribution in [0.2, 0.25) is 0 Å². The fourth-order valence-electron chi connectivity index (χ4n) is 0.646. The van der Waals surface area contributed by atoms with Gasteiger partial charge >= 0.3 is 7.12 Å². The number of phenolic OH excluding ortho intramolecular Hbond substituents is 1. The van der Waals surface area contributed by atoms with Crippen LogP contribution in [0, 0.1) is 0 Å². The standard InChI is InChI=1S/C6H7BO3.C6H14O2/c8-6-3-1-5(2-4-6)7(9)10;1-5(2,7)6(3,4)8/h1-4,8-10H;7-8H,1-4H3. The summed E-state index contributed by atoms with van der Waals surface area (Å²) in [6.07, 6.45) is 0. The van der Waals surface area contributed by atoms with E-state index >= 15 is 0 Å². The quantitative estimate of drug-likeness (QED) is 0.463. The molecule has 0 bridgehead atoms. The molecule has 0 radical (unpaired) electrons. The molecule has 0 aliphatic rings. The zero-order chi connectivity index (χ0) is 14.6. The van der Waals surface area contributed by atoms with Gasteiger partial charge in [-0.15, -0.1) is 0 Å². The molecule has 102 valence electrons. The van der Waals surface area contributed by atoms with E-state index in [1.54, 1.807) is 27.7 Å². The van der Waals surface area contributed by atoms with E-state index in [1.165, 1.54) is 24.3 Å². The van der Waals surface area contributed by atoms with Gasteiger partial charge in [0, 0.05) is 0 Å². The van der Waals surface area contributed by atoms with E-state index in [0.29, 0.717) is 5.46 Å². The Morgan fingerprint density at radius 3 is 1.39 bits per heavy atom. The molecule has 0 saturated heterocycles. The molecule has 1 aromatic rings. The lowest BCUT2D eigenvalue weighted by Gasteiger charge is -2.31. The van der Waals surface area contributed by atoms with E-state index in [9.17, 15) is 0 Å². The third kappa shape index (κ3) is 6.02. The van der Waals surface area contributed by atoms with Crippen LogP contribution in [0.3, 0.4) is 0 Å². The first-order chi connectivity index (χ1) is 7.95. The second kappa shape index (κ2) is 6.20. The molecule has 0 heterocycles. The molecule has 0 unspecified atom stereocenters. The van der Waals surface area contributed by atoms with Crippen LogP contribution in [0.25, 0.3) is 0 Å². The molecule has 1 rings (SSSR count). The van der Waals surface area contributed by atoms with Crippen molar-refractivity contribution in [3.8, 4) is 5.75 Å². The maximum atomic E-state index is 9.10. The number of phenols is 1. The van der Waals surface area contributed by atoms with E-state index in [-0.39, 0.29) is 5.75 Å². The van der Waals surface area contributed by atoms with Crippen LogP contribution < -0.4 is 5.46 Å². The Balaban J connectivity index is 0.000000331. The molecule has 0 amide bonds. The first-order valence-electron chi connectivity index (χ1n) is 5.55. The van der Waals surface area contributed by atoms with E-state index in [2.05, 4.69) is 0 Å². The Bertz CT molecular complexity index is 336. The highest BCUT2D eigenvalue weighted by atomic mass is 16.4. The number of aromatic hydroxyl groups is 1. The van der Waals surface area contributed by atoms with Crippen molar-refractivity contribution in [1.82, 2.24) is 0 Å². The number of hydrogen-bond acceptors (Lipinski definition) is 5. The summed E-state index contributed by atoms with van der Waals surface area (Å²) in [5, 5.41) is 44.2. The molecule has 0 aromatic heterocycles. The predicted molar refractivity (Wildman–Crippen MR) is 70.5 cm³/mol. The molecule has 0 atom stereocenters. The third-order valence-electron chi connectivity index (χ3n) is 2.69. The molecular formula is C12H21BO5. The van der Waals surface area contributed by atoms with E-state index in [1.807, 2.05) is 0 Å². The minimum atomic E-state index is -1.46. The Labute approximate surface area is 107 Å². The van der Waals surface area contributed by atoms with Crippen molar-refractivity contribution in [2.24, 2.45) is 0 Å². The first-order valence-corrected chi connectivity index (χ1v) is 5.55. The van der Waals surface area contributed by atoms with Gasteiger partial charge in [-0.2, -0.15) is 0 Å². The van der Waals surface area contributed by atoms with Crippen LogP contribution in [0.1, 0.15) is 27.7 Å². The zero-order valence-electron chi connectivity index (χ0n) is 11.1. The Hall–Kier alpha value is -1.08. The largest absolute Gasteiger partial charge is 0.508 e. The molecule has 0 spiro atoms. The number of rotatable bonds is 2. The number of benzene rings is 1. The first kappa shape index (κ1) is 16.9. The van der Waals surface area contributed by atoms with Gasteiger partial charge in [-0.05, 0) is 45.3 Å². The lowest BCUT2D eigenvalue weighted by Crippen LogP contribution is -2.44.